The summed E-state index contributed by atoms with van der Waals surface area (Å²) in [5.74, 6) is 2.38. The molecule has 4 amide bonds. The van der Waals surface area contributed by atoms with E-state index in [4.69, 9.17) is 9.05 Å². The number of aryl methyl sites for hydroxylation is 6. The molecular weight excluding hydrogens is 857 g/mol. The molecule has 0 spiro atoms. The van der Waals surface area contributed by atoms with Crippen molar-refractivity contribution in [2.45, 2.75) is 91.9 Å². The second kappa shape index (κ2) is 19.7. The number of benzene rings is 4. The maximum Gasteiger partial charge on any atom is 0.230 e. The van der Waals surface area contributed by atoms with Crippen molar-refractivity contribution < 1.29 is 28.2 Å². The van der Waals surface area contributed by atoms with E-state index in [1.54, 1.807) is 9.80 Å². The van der Waals surface area contributed by atoms with Gasteiger partial charge in [-0.1, -0.05) is 82.1 Å². The van der Waals surface area contributed by atoms with Crippen LogP contribution in [0.25, 0.3) is 22.8 Å². The number of hydrogen-bond donors (Lipinski definition) is 0. The molecule has 68 heavy (non-hydrogen) atoms. The van der Waals surface area contributed by atoms with Crippen molar-refractivity contribution >= 4 is 35.0 Å². The number of rotatable bonds is 8. The molecule has 0 N–H and O–H groups in total. The van der Waals surface area contributed by atoms with E-state index in [1.165, 1.54) is 22.3 Å². The first-order valence-electron chi connectivity index (χ1n) is 23.9. The van der Waals surface area contributed by atoms with Crippen LogP contribution in [0.4, 0.5) is 11.4 Å². The quantitative estimate of drug-likeness (QED) is 0.144. The summed E-state index contributed by atoms with van der Waals surface area (Å²) in [5, 5.41) is 8.31. The fraction of sp³-hybridized carbons (Fsp3) is 0.407. The highest BCUT2D eigenvalue weighted by molar-refractivity contribution is 6.01. The molecule has 352 valence electrons. The highest BCUT2D eigenvalue weighted by atomic mass is 16.5. The lowest BCUT2D eigenvalue weighted by Gasteiger charge is -2.32. The van der Waals surface area contributed by atoms with E-state index in [-0.39, 0.29) is 60.1 Å². The van der Waals surface area contributed by atoms with Gasteiger partial charge in [-0.05, 0) is 114 Å². The van der Waals surface area contributed by atoms with Gasteiger partial charge < -0.3 is 28.6 Å². The molecule has 0 aliphatic carbocycles. The average Bonchev–Trinajstić information content (AvgIpc) is 4.19. The van der Waals surface area contributed by atoms with Crippen molar-refractivity contribution in [3.8, 4) is 22.8 Å². The van der Waals surface area contributed by atoms with E-state index in [2.05, 4.69) is 34.1 Å². The molecule has 0 unspecified atom stereocenters. The molecule has 4 saturated heterocycles. The van der Waals surface area contributed by atoms with Gasteiger partial charge in [0.25, 0.3) is 0 Å². The fourth-order valence-electron chi connectivity index (χ4n) is 9.68. The van der Waals surface area contributed by atoms with Crippen molar-refractivity contribution in [1.82, 2.24) is 30.1 Å². The number of anilines is 2. The maximum atomic E-state index is 13.2. The molecule has 4 aromatic carbocycles. The first kappa shape index (κ1) is 46.2. The number of piperidine rings is 2. The predicted molar refractivity (Wildman–Crippen MR) is 259 cm³/mol. The summed E-state index contributed by atoms with van der Waals surface area (Å²) in [6.07, 6.45) is 3.67. The zero-order valence-corrected chi connectivity index (χ0v) is 39.9. The summed E-state index contributed by atoms with van der Waals surface area (Å²) in [5.41, 5.74) is 10.7. The Kier molecular flexibility index (Phi) is 13.4. The molecule has 4 fully saturated rings. The standard InChI is InChI=1S/2C27H30N4O3/c2*1-17-4-7-20(8-5-17)25-28-26(34-29-25)21-10-12-30(13-11-21)27(33)22-15-24(32)31(16-22)23-9-6-18(2)19(3)14-23/h2*4-9,14,21-22H,10-13,15-16H2,1-3H3/t2*22-/m10/s1. The zero-order valence-electron chi connectivity index (χ0n) is 39.9. The lowest BCUT2D eigenvalue weighted by Crippen LogP contribution is -2.42. The number of nitrogens with zero attached hydrogens (tertiary/aromatic N) is 8. The number of amides is 4. The number of carbonyl (C=O) groups excluding carboxylic acids is 4. The molecule has 4 aliphatic heterocycles. The van der Waals surface area contributed by atoms with Gasteiger partial charge in [0.1, 0.15) is 0 Å². The first-order chi connectivity index (χ1) is 32.8. The Bertz CT molecular complexity index is 2610. The summed E-state index contributed by atoms with van der Waals surface area (Å²) in [7, 11) is 0. The van der Waals surface area contributed by atoms with Crippen molar-refractivity contribution in [1.29, 1.82) is 0 Å². The summed E-state index contributed by atoms with van der Waals surface area (Å²) in [4.78, 5) is 68.3. The number of likely N-dealkylation sites (tertiary alicyclic amines) is 2. The Hall–Kier alpha value is -6.96. The Morgan fingerprint density at radius 1 is 0.500 bits per heavy atom. The molecule has 2 atom stereocenters. The molecule has 14 nitrogen and oxygen atoms in total. The molecule has 6 aromatic rings. The van der Waals surface area contributed by atoms with Gasteiger partial charge in [-0.2, -0.15) is 9.97 Å². The largest absolute Gasteiger partial charge is 0.342 e. The maximum absolute atomic E-state index is 13.2. The van der Waals surface area contributed by atoms with Crippen LogP contribution in [-0.4, -0.2) is 93.0 Å². The van der Waals surface area contributed by atoms with Crippen LogP contribution in [0.3, 0.4) is 0 Å². The summed E-state index contributed by atoms with van der Waals surface area (Å²) in [6.45, 7) is 15.7. The molecule has 14 heteroatoms. The monoisotopic (exact) mass is 916 g/mol. The van der Waals surface area contributed by atoms with Crippen LogP contribution >= 0.6 is 0 Å². The normalized spacial score (nSPS) is 19.1. The summed E-state index contributed by atoms with van der Waals surface area (Å²) < 4.78 is 11.1. The molecular formula is C54H60N8O6. The Morgan fingerprint density at radius 3 is 1.22 bits per heavy atom. The second-order valence-electron chi connectivity index (χ2n) is 19.2. The van der Waals surface area contributed by atoms with E-state index in [0.29, 0.717) is 62.7 Å². The van der Waals surface area contributed by atoms with Crippen LogP contribution in [0.5, 0.6) is 0 Å². The van der Waals surface area contributed by atoms with Gasteiger partial charge in [-0.25, -0.2) is 0 Å². The van der Waals surface area contributed by atoms with Gasteiger partial charge in [0.05, 0.1) is 11.8 Å². The summed E-state index contributed by atoms with van der Waals surface area (Å²) >= 11 is 0. The van der Waals surface area contributed by atoms with Crippen LogP contribution < -0.4 is 9.80 Å². The summed E-state index contributed by atoms with van der Waals surface area (Å²) in [6, 6.07) is 28.2. The molecule has 0 saturated carbocycles. The molecule has 2 aromatic heterocycles. The smallest absolute Gasteiger partial charge is 0.230 e. The van der Waals surface area contributed by atoms with E-state index in [0.717, 1.165) is 59.3 Å². The van der Waals surface area contributed by atoms with Crippen molar-refractivity contribution in [3.05, 3.63) is 130 Å². The van der Waals surface area contributed by atoms with Gasteiger partial charge >= 0.3 is 0 Å². The molecule has 6 heterocycles. The highest BCUT2D eigenvalue weighted by Crippen LogP contribution is 2.34. The van der Waals surface area contributed by atoms with E-state index in [1.807, 2.05) is 122 Å². The number of aromatic nitrogens is 4. The Balaban J connectivity index is 0.000000170. The van der Waals surface area contributed by atoms with Crippen LogP contribution in [0, 0.1) is 53.4 Å². The fourth-order valence-corrected chi connectivity index (χ4v) is 9.68. The van der Waals surface area contributed by atoms with E-state index < -0.39 is 0 Å². The third-order valence-electron chi connectivity index (χ3n) is 14.4. The van der Waals surface area contributed by atoms with Gasteiger partial charge in [-0.15, -0.1) is 0 Å². The minimum atomic E-state index is -0.290. The minimum Gasteiger partial charge on any atom is -0.342 e. The topological polar surface area (TPSA) is 159 Å². The van der Waals surface area contributed by atoms with Gasteiger partial charge in [-0.3, -0.25) is 19.2 Å². The van der Waals surface area contributed by atoms with Gasteiger partial charge in [0.2, 0.25) is 47.1 Å². The van der Waals surface area contributed by atoms with Crippen LogP contribution in [0.1, 0.15) is 95.5 Å². The number of carbonyl (C=O) groups is 4. The van der Waals surface area contributed by atoms with E-state index in [9.17, 15) is 19.2 Å². The van der Waals surface area contributed by atoms with Gasteiger partial charge in [0, 0.05) is 86.4 Å². The lowest BCUT2D eigenvalue weighted by atomic mass is 9.95. The second-order valence-corrected chi connectivity index (χ2v) is 19.2. The Morgan fingerprint density at radius 2 is 0.868 bits per heavy atom. The predicted octanol–water partition coefficient (Wildman–Crippen LogP) is 8.84. The SMILES string of the molecule is Cc1ccc(-c2noc(C3CCN(C(=O)[C@@H]4CC(=O)N(c5ccc(C)c(C)c5)C4)CC3)n2)cc1.Cc1ccc(-c2noc(C3CCN(C(=O)[C@H]4CC(=O)N(c5ccc(C)c(C)c5)C4)CC3)n2)cc1. The zero-order chi connectivity index (χ0) is 47.6. The number of hydrogen-bond acceptors (Lipinski definition) is 10. The van der Waals surface area contributed by atoms with Crippen molar-refractivity contribution in [3.63, 3.8) is 0 Å². The third kappa shape index (κ3) is 10.00. The minimum absolute atomic E-state index is 0.0194. The van der Waals surface area contributed by atoms with Gasteiger partial charge in [0.15, 0.2) is 0 Å². The highest BCUT2D eigenvalue weighted by Gasteiger charge is 2.40. The van der Waals surface area contributed by atoms with Crippen molar-refractivity contribution in [2.24, 2.45) is 11.8 Å². The van der Waals surface area contributed by atoms with Crippen LogP contribution in [0.15, 0.2) is 94.0 Å². The average molecular weight is 917 g/mol. The third-order valence-corrected chi connectivity index (χ3v) is 14.4. The Labute approximate surface area is 397 Å². The molecule has 0 bridgehead atoms. The molecule has 4 aliphatic rings. The first-order valence-corrected chi connectivity index (χ1v) is 23.9. The lowest BCUT2D eigenvalue weighted by molar-refractivity contribution is -0.137. The molecule has 0 radical (unpaired) electrons. The molecule has 10 rings (SSSR count). The van der Waals surface area contributed by atoms with Crippen molar-refractivity contribution in [2.75, 3.05) is 49.1 Å². The van der Waals surface area contributed by atoms with Crippen LogP contribution in [0.2, 0.25) is 0 Å². The van der Waals surface area contributed by atoms with E-state index >= 15 is 0 Å². The van der Waals surface area contributed by atoms with Crippen LogP contribution in [-0.2, 0) is 19.2 Å².